The second kappa shape index (κ2) is 7.92. The number of amides is 1. The number of hydrogen-bond acceptors (Lipinski definition) is 7. The highest BCUT2D eigenvalue weighted by Gasteiger charge is 2.27. The normalized spacial score (nSPS) is 16.2. The van der Waals surface area contributed by atoms with E-state index >= 15 is 0 Å². The van der Waals surface area contributed by atoms with Gasteiger partial charge in [-0.15, -0.1) is 11.3 Å². The Labute approximate surface area is 186 Å². The van der Waals surface area contributed by atoms with Crippen LogP contribution in [0.3, 0.4) is 0 Å². The number of carbonyl (C=O) groups is 2. The number of aliphatic hydroxyl groups excluding tert-OH is 1. The first kappa shape index (κ1) is 20.5. The fourth-order valence-electron chi connectivity index (χ4n) is 3.98. The zero-order valence-corrected chi connectivity index (χ0v) is 18.0. The number of furan rings is 1. The number of carboxylic acids is 1. The van der Waals surface area contributed by atoms with Crippen LogP contribution in [0.1, 0.15) is 39.1 Å². The first-order valence-electron chi connectivity index (χ1n) is 10.3. The highest BCUT2D eigenvalue weighted by molar-refractivity contribution is 7.21. The Balaban J connectivity index is 1.47. The zero-order valence-electron chi connectivity index (χ0n) is 17.2. The van der Waals surface area contributed by atoms with Crippen LogP contribution < -0.4 is 4.74 Å². The fraction of sp³-hybridized carbons (Fsp3) is 0.261. The Kier molecular flexibility index (Phi) is 5.07. The van der Waals surface area contributed by atoms with Gasteiger partial charge in [0.05, 0.1) is 21.2 Å². The topological polar surface area (TPSA) is 113 Å². The summed E-state index contributed by atoms with van der Waals surface area (Å²) in [5, 5.41) is 19.8. The minimum Gasteiger partial charge on any atom is -0.478 e. The van der Waals surface area contributed by atoms with Crippen molar-refractivity contribution >= 4 is 44.4 Å². The van der Waals surface area contributed by atoms with E-state index in [9.17, 15) is 19.8 Å². The Morgan fingerprint density at radius 1 is 1.31 bits per heavy atom. The molecule has 32 heavy (non-hydrogen) atoms. The van der Waals surface area contributed by atoms with Crippen molar-refractivity contribution in [2.24, 2.45) is 0 Å². The minimum atomic E-state index is -1.02. The van der Waals surface area contributed by atoms with Crippen LogP contribution in [0.5, 0.6) is 11.5 Å². The van der Waals surface area contributed by atoms with Crippen LogP contribution in [-0.2, 0) is 6.42 Å². The van der Waals surface area contributed by atoms with E-state index in [4.69, 9.17) is 9.15 Å². The number of carboxylic acid groups (broad SMARTS) is 1. The Hall–Kier alpha value is -3.43. The summed E-state index contributed by atoms with van der Waals surface area (Å²) in [6.07, 6.45) is 2.19. The molecule has 0 radical (unpaired) electrons. The maximum atomic E-state index is 12.8. The van der Waals surface area contributed by atoms with Crippen molar-refractivity contribution in [3.05, 3.63) is 52.7 Å². The van der Waals surface area contributed by atoms with Gasteiger partial charge in [0.2, 0.25) is 0 Å². The minimum absolute atomic E-state index is 0.124. The summed E-state index contributed by atoms with van der Waals surface area (Å²) < 4.78 is 12.5. The van der Waals surface area contributed by atoms with Gasteiger partial charge in [-0.3, -0.25) is 9.78 Å². The van der Waals surface area contributed by atoms with Crippen molar-refractivity contribution in [1.29, 1.82) is 0 Å². The van der Waals surface area contributed by atoms with Gasteiger partial charge < -0.3 is 24.3 Å². The van der Waals surface area contributed by atoms with Gasteiger partial charge in [0.15, 0.2) is 0 Å². The van der Waals surface area contributed by atoms with Crippen LogP contribution in [0, 0.1) is 0 Å². The summed E-state index contributed by atoms with van der Waals surface area (Å²) in [5.41, 5.74) is 1.27. The number of pyridine rings is 1. The molecule has 1 aliphatic rings. The smallest absolute Gasteiger partial charge is 0.339 e. The van der Waals surface area contributed by atoms with Crippen LogP contribution in [-0.4, -0.2) is 51.2 Å². The van der Waals surface area contributed by atoms with E-state index in [1.807, 2.05) is 6.92 Å². The molecule has 1 fully saturated rings. The zero-order chi connectivity index (χ0) is 22.4. The van der Waals surface area contributed by atoms with Crippen LogP contribution in [0.15, 0.2) is 40.9 Å². The third-order valence-electron chi connectivity index (χ3n) is 5.53. The molecular weight excluding hydrogens is 432 g/mol. The van der Waals surface area contributed by atoms with Gasteiger partial charge in [-0.2, -0.15) is 0 Å². The maximum absolute atomic E-state index is 12.8. The average molecular weight is 452 g/mol. The predicted molar refractivity (Wildman–Crippen MR) is 119 cm³/mol. The van der Waals surface area contributed by atoms with Gasteiger partial charge in [-0.05, 0) is 24.6 Å². The molecule has 1 atom stereocenters. The molecule has 0 saturated carbocycles. The van der Waals surface area contributed by atoms with Crippen molar-refractivity contribution in [2.75, 3.05) is 13.1 Å². The molecule has 1 unspecified atom stereocenters. The van der Waals surface area contributed by atoms with Crippen molar-refractivity contribution in [3.63, 3.8) is 0 Å². The first-order chi connectivity index (χ1) is 15.4. The molecule has 164 valence electrons. The predicted octanol–water partition coefficient (Wildman–Crippen LogP) is 4.30. The molecule has 3 aromatic heterocycles. The lowest BCUT2D eigenvalue weighted by Crippen LogP contribution is -2.28. The molecule has 1 aliphatic heterocycles. The third-order valence-corrected chi connectivity index (χ3v) is 6.66. The Morgan fingerprint density at radius 2 is 2.16 bits per heavy atom. The molecule has 2 N–H and O–H groups in total. The number of benzene rings is 1. The SMILES string of the molecule is CCc1oc2cc(Oc3ccnc4cc(C(=O)N5CCC(O)C5)sc34)ccc2c1C(=O)O. The number of ether oxygens (including phenoxy) is 1. The van der Waals surface area contributed by atoms with Gasteiger partial charge in [0.25, 0.3) is 5.91 Å². The number of thiophene rings is 1. The summed E-state index contributed by atoms with van der Waals surface area (Å²) in [6, 6.07) is 8.50. The highest BCUT2D eigenvalue weighted by Crippen LogP contribution is 2.37. The second-order valence-electron chi connectivity index (χ2n) is 7.65. The number of likely N-dealkylation sites (tertiary alicyclic amines) is 1. The molecule has 0 spiro atoms. The summed E-state index contributed by atoms with van der Waals surface area (Å²) in [7, 11) is 0. The van der Waals surface area contributed by atoms with Crippen molar-refractivity contribution in [1.82, 2.24) is 9.88 Å². The number of rotatable bonds is 5. The summed E-state index contributed by atoms with van der Waals surface area (Å²) in [4.78, 5) is 30.9. The molecule has 4 heterocycles. The highest BCUT2D eigenvalue weighted by atomic mass is 32.1. The fourth-order valence-corrected chi connectivity index (χ4v) is 5.02. The van der Waals surface area contributed by atoms with Crippen molar-refractivity contribution in [2.45, 2.75) is 25.9 Å². The largest absolute Gasteiger partial charge is 0.478 e. The average Bonchev–Trinajstić information content (AvgIpc) is 3.49. The number of aromatic carboxylic acids is 1. The molecular formula is C23H20N2O6S. The lowest BCUT2D eigenvalue weighted by molar-refractivity contribution is 0.0695. The number of aryl methyl sites for hydroxylation is 1. The number of nitrogens with zero attached hydrogens (tertiary/aromatic N) is 2. The van der Waals surface area contributed by atoms with Gasteiger partial charge >= 0.3 is 5.97 Å². The molecule has 0 bridgehead atoms. The van der Waals surface area contributed by atoms with Gasteiger partial charge in [0.1, 0.15) is 28.4 Å². The molecule has 5 rings (SSSR count). The summed E-state index contributed by atoms with van der Waals surface area (Å²) in [6.45, 7) is 2.71. The number of β-amino-alcohol motifs (C(OH)–C–C–N with tert-alkyl or cyclic N) is 1. The van der Waals surface area contributed by atoms with Crippen LogP contribution in [0.25, 0.3) is 21.2 Å². The van der Waals surface area contributed by atoms with E-state index in [-0.39, 0.29) is 11.5 Å². The molecule has 0 aliphatic carbocycles. The van der Waals surface area contributed by atoms with Crippen LogP contribution in [0.2, 0.25) is 0 Å². The van der Waals surface area contributed by atoms with E-state index < -0.39 is 12.1 Å². The van der Waals surface area contributed by atoms with E-state index in [1.165, 1.54) is 11.3 Å². The van der Waals surface area contributed by atoms with E-state index in [0.29, 0.717) is 64.6 Å². The molecule has 9 heteroatoms. The monoisotopic (exact) mass is 452 g/mol. The molecule has 1 amide bonds. The van der Waals surface area contributed by atoms with Crippen molar-refractivity contribution < 1.29 is 29.0 Å². The van der Waals surface area contributed by atoms with Gasteiger partial charge in [-0.25, -0.2) is 4.79 Å². The number of carbonyl (C=O) groups excluding carboxylic acids is 1. The lowest BCUT2D eigenvalue weighted by atomic mass is 10.1. The Bertz CT molecular complexity index is 1360. The molecule has 1 aromatic carbocycles. The third kappa shape index (κ3) is 3.49. The lowest BCUT2D eigenvalue weighted by Gasteiger charge is -2.13. The summed E-state index contributed by atoms with van der Waals surface area (Å²) >= 11 is 1.30. The van der Waals surface area contributed by atoms with Gasteiger partial charge in [-0.1, -0.05) is 6.92 Å². The molecule has 4 aromatic rings. The quantitative estimate of drug-likeness (QED) is 0.464. The second-order valence-corrected chi connectivity index (χ2v) is 8.70. The Morgan fingerprint density at radius 3 is 2.88 bits per heavy atom. The summed E-state index contributed by atoms with van der Waals surface area (Å²) in [5.74, 6) is 0.305. The maximum Gasteiger partial charge on any atom is 0.339 e. The number of aliphatic hydroxyl groups is 1. The van der Waals surface area contributed by atoms with E-state index in [0.717, 1.165) is 4.70 Å². The number of fused-ring (bicyclic) bond motifs is 2. The number of hydrogen-bond donors (Lipinski definition) is 2. The van der Waals surface area contributed by atoms with Crippen LogP contribution in [0.4, 0.5) is 0 Å². The van der Waals surface area contributed by atoms with E-state index in [1.54, 1.807) is 41.4 Å². The molecule has 8 nitrogen and oxygen atoms in total. The van der Waals surface area contributed by atoms with E-state index in [2.05, 4.69) is 4.98 Å². The van der Waals surface area contributed by atoms with Gasteiger partial charge in [0, 0.05) is 43.2 Å². The van der Waals surface area contributed by atoms with Crippen molar-refractivity contribution in [3.8, 4) is 11.5 Å². The molecule has 1 saturated heterocycles. The van der Waals surface area contributed by atoms with Crippen LogP contribution >= 0.6 is 11.3 Å². The standard InChI is InChI=1S/C23H20N2O6S/c1-2-16-20(23(28)29)14-4-3-13(9-18(14)31-16)30-17-5-7-24-15-10-19(32-21(15)17)22(27)25-8-6-12(26)11-25/h3-5,7,9-10,12,26H,2,6,8,11H2,1H3,(H,28,29). The first-order valence-corrected chi connectivity index (χ1v) is 11.1. The number of aromatic nitrogens is 1.